The molecule has 1 unspecified atom stereocenters. The van der Waals surface area contributed by atoms with Crippen LogP contribution in [-0.4, -0.2) is 5.51 Å². The number of nitriles is 1. The fourth-order valence-corrected chi connectivity index (χ4v) is 5.51. The van der Waals surface area contributed by atoms with Crippen LogP contribution in [0.4, 0.5) is 13.2 Å². The van der Waals surface area contributed by atoms with Crippen LogP contribution in [0.1, 0.15) is 51.0 Å². The summed E-state index contributed by atoms with van der Waals surface area (Å²) in [4.78, 5) is 0.439. The number of halogens is 3. The Kier molecular flexibility index (Phi) is 5.23. The van der Waals surface area contributed by atoms with Crippen molar-refractivity contribution >= 4 is 16.1 Å². The summed E-state index contributed by atoms with van der Waals surface area (Å²) in [5, 5.41) is 11.1. The molecule has 120 valence electrons. The van der Waals surface area contributed by atoms with Crippen molar-refractivity contribution in [2.75, 3.05) is 0 Å². The Morgan fingerprint density at radius 2 is 1.77 bits per heavy atom. The number of rotatable bonds is 6. The van der Waals surface area contributed by atoms with Crippen molar-refractivity contribution in [3.05, 3.63) is 34.7 Å². The Hall–Kier alpha value is -1.41. The van der Waals surface area contributed by atoms with Crippen LogP contribution in [0.25, 0.3) is 6.08 Å². The maximum atomic E-state index is 13.7. The van der Waals surface area contributed by atoms with Crippen LogP contribution in [-0.2, 0) is 0 Å². The smallest absolute Gasteiger partial charge is 0.186 e. The quantitative estimate of drug-likeness (QED) is 0.428. The van der Waals surface area contributed by atoms with E-state index >= 15 is 0 Å². The average molecular weight is 327 g/mol. The first-order valence-electron chi connectivity index (χ1n) is 7.57. The summed E-state index contributed by atoms with van der Waals surface area (Å²) < 4.78 is 41.2. The summed E-state index contributed by atoms with van der Waals surface area (Å²) in [5.41, 5.74) is -3.95. The Bertz CT molecular complexity index is 601. The van der Waals surface area contributed by atoms with Gasteiger partial charge in [0.25, 0.3) is 0 Å². The Morgan fingerprint density at radius 1 is 1.09 bits per heavy atom. The van der Waals surface area contributed by atoms with Crippen LogP contribution >= 0.6 is 10.0 Å². The highest BCUT2D eigenvalue weighted by molar-refractivity contribution is 8.41. The van der Waals surface area contributed by atoms with Gasteiger partial charge in [-0.05, 0) is 45.5 Å². The van der Waals surface area contributed by atoms with Gasteiger partial charge in [-0.2, -0.15) is 18.4 Å². The summed E-state index contributed by atoms with van der Waals surface area (Å²) in [6, 6.07) is 6.44. The third kappa shape index (κ3) is 2.89. The van der Waals surface area contributed by atoms with Crippen molar-refractivity contribution in [2.45, 2.75) is 55.9 Å². The molecule has 1 aromatic carbocycles. The third-order valence-electron chi connectivity index (χ3n) is 3.97. The molecule has 22 heavy (non-hydrogen) atoms. The van der Waals surface area contributed by atoms with Gasteiger partial charge in [-0.1, -0.05) is 50.8 Å². The predicted octanol–water partition coefficient (Wildman–Crippen LogP) is 6.57. The largest absolute Gasteiger partial charge is 0.445 e. The van der Waals surface area contributed by atoms with Crippen LogP contribution in [0.3, 0.4) is 0 Å². The van der Waals surface area contributed by atoms with Crippen molar-refractivity contribution in [3.8, 4) is 5.40 Å². The highest BCUT2D eigenvalue weighted by atomic mass is 32.3. The topological polar surface area (TPSA) is 23.8 Å². The zero-order valence-corrected chi connectivity index (χ0v) is 13.4. The van der Waals surface area contributed by atoms with E-state index in [0.29, 0.717) is 18.4 Å². The lowest BCUT2D eigenvalue weighted by atomic mass is 10.1. The molecule has 1 atom stereocenters. The molecule has 0 bridgehead atoms. The van der Waals surface area contributed by atoms with E-state index in [1.807, 2.05) is 0 Å². The molecular formula is C17H20F3NS. The molecule has 1 aromatic rings. The summed E-state index contributed by atoms with van der Waals surface area (Å²) >= 11 is 0. The van der Waals surface area contributed by atoms with Gasteiger partial charge in [0.2, 0.25) is 0 Å². The molecule has 0 fully saturated rings. The third-order valence-corrected chi connectivity index (χ3v) is 7.08. The van der Waals surface area contributed by atoms with Crippen molar-refractivity contribution in [3.63, 3.8) is 0 Å². The van der Waals surface area contributed by atoms with Gasteiger partial charge in [0, 0.05) is 4.90 Å². The number of alkyl halides is 3. The van der Waals surface area contributed by atoms with E-state index in [0.717, 1.165) is 25.7 Å². The van der Waals surface area contributed by atoms with E-state index < -0.39 is 15.5 Å². The number of hydrogen-bond acceptors (Lipinski definition) is 1. The maximum absolute atomic E-state index is 13.7. The van der Waals surface area contributed by atoms with Crippen molar-refractivity contribution in [1.82, 2.24) is 0 Å². The second-order valence-electron chi connectivity index (χ2n) is 5.46. The minimum atomic E-state index is -4.51. The maximum Gasteiger partial charge on any atom is 0.445 e. The highest BCUT2D eigenvalue weighted by Gasteiger charge is 2.57. The molecule has 0 saturated carbocycles. The van der Waals surface area contributed by atoms with Gasteiger partial charge < -0.3 is 0 Å². The molecule has 1 aliphatic heterocycles. The van der Waals surface area contributed by atoms with E-state index in [1.165, 1.54) is 6.07 Å². The lowest BCUT2D eigenvalue weighted by molar-refractivity contribution is -0.0366. The van der Waals surface area contributed by atoms with Gasteiger partial charge in [-0.25, -0.2) is 0 Å². The molecule has 0 amide bonds. The molecule has 1 nitrogen and oxygen atoms in total. The number of nitrogens with zero attached hydrogens (tertiary/aromatic N) is 1. The molecule has 0 N–H and O–H groups in total. The lowest BCUT2D eigenvalue weighted by Gasteiger charge is -2.34. The zero-order valence-electron chi connectivity index (χ0n) is 12.6. The SMILES string of the molecule is CCCCCCCC1=Cc2ccccc2S1(C#N)C(F)(F)F. The van der Waals surface area contributed by atoms with Crippen LogP contribution in [0.5, 0.6) is 0 Å². The number of fused-ring (bicyclic) bond motifs is 1. The van der Waals surface area contributed by atoms with E-state index in [9.17, 15) is 18.4 Å². The summed E-state index contributed by atoms with van der Waals surface area (Å²) in [7, 11) is -3.54. The molecule has 2 rings (SSSR count). The molecule has 0 aromatic heterocycles. The highest BCUT2D eigenvalue weighted by Crippen LogP contribution is 2.76. The van der Waals surface area contributed by atoms with Gasteiger partial charge in [0.15, 0.2) is 0 Å². The summed E-state index contributed by atoms with van der Waals surface area (Å²) in [5.74, 6) is 0. The van der Waals surface area contributed by atoms with E-state index in [-0.39, 0.29) is 9.80 Å². The molecule has 0 saturated heterocycles. The minimum absolute atomic E-state index is 0.161. The normalized spacial score (nSPS) is 23.3. The monoisotopic (exact) mass is 327 g/mol. The van der Waals surface area contributed by atoms with E-state index in [1.54, 1.807) is 29.7 Å². The fraction of sp³-hybridized carbons (Fsp3) is 0.471. The molecule has 1 aliphatic rings. The number of thiocyanates is 1. The van der Waals surface area contributed by atoms with Crippen LogP contribution in [0.15, 0.2) is 34.1 Å². The number of unbranched alkanes of at least 4 members (excludes halogenated alkanes) is 4. The van der Waals surface area contributed by atoms with Crippen LogP contribution in [0, 0.1) is 10.7 Å². The fourth-order valence-electron chi connectivity index (χ4n) is 2.84. The Morgan fingerprint density at radius 3 is 2.41 bits per heavy atom. The van der Waals surface area contributed by atoms with Crippen molar-refractivity contribution in [1.29, 1.82) is 5.26 Å². The molecule has 0 radical (unpaired) electrons. The molecular weight excluding hydrogens is 307 g/mol. The van der Waals surface area contributed by atoms with Gasteiger partial charge in [-0.3, -0.25) is 0 Å². The van der Waals surface area contributed by atoms with Gasteiger partial charge in [0.1, 0.15) is 5.40 Å². The van der Waals surface area contributed by atoms with Crippen LogP contribution < -0.4 is 0 Å². The first-order chi connectivity index (χ1) is 10.5. The second kappa shape index (κ2) is 6.78. The summed E-state index contributed by atoms with van der Waals surface area (Å²) in [6.45, 7) is 2.10. The number of hydrogen-bond donors (Lipinski definition) is 0. The van der Waals surface area contributed by atoms with Crippen LogP contribution in [0.2, 0.25) is 0 Å². The first kappa shape index (κ1) is 17.0. The molecule has 5 heteroatoms. The molecule has 1 heterocycles. The van der Waals surface area contributed by atoms with Crippen molar-refractivity contribution in [2.24, 2.45) is 0 Å². The Balaban J connectivity index is 2.27. The van der Waals surface area contributed by atoms with Gasteiger partial charge in [0.05, 0.1) is 0 Å². The van der Waals surface area contributed by atoms with Gasteiger partial charge in [-0.15, -0.1) is 0 Å². The second-order valence-corrected chi connectivity index (χ2v) is 8.30. The molecule has 0 spiro atoms. The van der Waals surface area contributed by atoms with Gasteiger partial charge >= 0.3 is 5.51 Å². The first-order valence-corrected chi connectivity index (χ1v) is 9.21. The van der Waals surface area contributed by atoms with Crippen molar-refractivity contribution < 1.29 is 13.2 Å². The zero-order chi connectivity index (χ0) is 16.2. The Labute approximate surface area is 131 Å². The number of benzene rings is 1. The van der Waals surface area contributed by atoms with E-state index in [2.05, 4.69) is 6.92 Å². The predicted molar refractivity (Wildman–Crippen MR) is 85.3 cm³/mol. The lowest BCUT2D eigenvalue weighted by Crippen LogP contribution is -2.19. The van der Waals surface area contributed by atoms with E-state index in [4.69, 9.17) is 0 Å². The minimum Gasteiger partial charge on any atom is -0.186 e. The average Bonchev–Trinajstić information content (AvgIpc) is 2.81. The number of allylic oxidation sites excluding steroid dienone is 1. The molecule has 0 aliphatic carbocycles. The standard InChI is InChI=1S/C17H20F3NS/c1-2-3-4-5-6-10-15-12-14-9-7-8-11-16(14)22(15,13-21)17(18,19)20/h7-9,11-12H,2-6,10H2,1H3. The summed E-state index contributed by atoms with van der Waals surface area (Å²) in [6.07, 6.45) is 6.84.